The molecule has 1 amide bonds. The Hall–Kier alpha value is -1.88. The van der Waals surface area contributed by atoms with E-state index in [1.807, 2.05) is 0 Å². The van der Waals surface area contributed by atoms with Crippen LogP contribution in [0.3, 0.4) is 0 Å². The van der Waals surface area contributed by atoms with Gasteiger partial charge in [0.1, 0.15) is 12.4 Å². The van der Waals surface area contributed by atoms with Gasteiger partial charge in [0, 0.05) is 58.7 Å². The van der Waals surface area contributed by atoms with Gasteiger partial charge in [-0.25, -0.2) is 8.42 Å². The van der Waals surface area contributed by atoms with Gasteiger partial charge in [0.25, 0.3) is 5.91 Å². The summed E-state index contributed by atoms with van der Waals surface area (Å²) in [6.07, 6.45) is 3.06. The maximum Gasteiger partial charge on any atom is 0.257 e. The second-order valence-corrected chi connectivity index (χ2v) is 11.4. The monoisotopic (exact) mass is 497 g/mol. The van der Waals surface area contributed by atoms with Crippen molar-refractivity contribution < 1.29 is 27.4 Å². The fourth-order valence-electron chi connectivity index (χ4n) is 4.64. The van der Waals surface area contributed by atoms with Crippen molar-refractivity contribution in [2.45, 2.75) is 38.8 Å². The lowest BCUT2D eigenvalue weighted by Crippen LogP contribution is -2.48. The van der Waals surface area contributed by atoms with Crippen LogP contribution in [0.4, 0.5) is 5.69 Å². The molecule has 3 rings (SSSR count). The molecule has 9 nitrogen and oxygen atoms in total. The second kappa shape index (κ2) is 11.7. The Labute approximate surface area is 203 Å². The molecule has 1 fully saturated rings. The van der Waals surface area contributed by atoms with E-state index < -0.39 is 10.0 Å². The van der Waals surface area contributed by atoms with E-state index in [9.17, 15) is 13.2 Å². The number of carbonyl (C=O) groups excluding carboxylic acids is 1. The first-order valence-corrected chi connectivity index (χ1v) is 13.8. The molecule has 3 atom stereocenters. The summed E-state index contributed by atoms with van der Waals surface area (Å²) in [7, 11) is -0.0611. The van der Waals surface area contributed by atoms with Gasteiger partial charge in [-0.15, -0.1) is 0 Å². The van der Waals surface area contributed by atoms with Gasteiger partial charge in [-0.2, -0.15) is 0 Å². The van der Waals surface area contributed by atoms with E-state index in [0.717, 1.165) is 45.4 Å². The standard InChI is InChI=1S/C24H39N3O6S/c1-17-13-27(14-19-8-10-32-11-9-19)18(2)16-33-22-7-6-20(25-34(5,29)30)12-21(22)24(28)26(3)15-23(17)31-4/h6-7,12,17-19,23,25H,8-11,13-16H2,1-5H3/t17-,18+,23-/m0/s1. The second-order valence-electron chi connectivity index (χ2n) is 9.69. The van der Waals surface area contributed by atoms with Crippen molar-refractivity contribution in [2.24, 2.45) is 11.8 Å². The van der Waals surface area contributed by atoms with Crippen LogP contribution in [0.25, 0.3) is 0 Å². The number of anilines is 1. The number of carbonyl (C=O) groups is 1. The van der Waals surface area contributed by atoms with E-state index in [1.54, 1.807) is 31.2 Å². The van der Waals surface area contributed by atoms with Gasteiger partial charge in [0.05, 0.1) is 17.9 Å². The molecule has 34 heavy (non-hydrogen) atoms. The fraction of sp³-hybridized carbons (Fsp3) is 0.708. The highest BCUT2D eigenvalue weighted by molar-refractivity contribution is 7.92. The van der Waals surface area contributed by atoms with Gasteiger partial charge < -0.3 is 19.1 Å². The molecular weight excluding hydrogens is 458 g/mol. The highest BCUT2D eigenvalue weighted by Gasteiger charge is 2.30. The average Bonchev–Trinajstić information content (AvgIpc) is 2.79. The molecule has 0 aliphatic carbocycles. The molecule has 1 saturated heterocycles. The van der Waals surface area contributed by atoms with Crippen LogP contribution in [0.5, 0.6) is 5.75 Å². The predicted octanol–water partition coefficient (Wildman–Crippen LogP) is 2.29. The number of nitrogens with zero attached hydrogens (tertiary/aromatic N) is 2. The lowest BCUT2D eigenvalue weighted by Gasteiger charge is -2.38. The molecule has 1 N–H and O–H groups in total. The van der Waals surface area contributed by atoms with Crippen LogP contribution in [0.1, 0.15) is 37.0 Å². The molecule has 0 bridgehead atoms. The SMILES string of the molecule is CO[C@H]1CN(C)C(=O)c2cc(NS(C)(=O)=O)ccc2OC[C@@H](C)N(CC2CCOCC2)C[C@@H]1C. The Kier molecular flexibility index (Phi) is 9.20. The van der Waals surface area contributed by atoms with E-state index in [4.69, 9.17) is 14.2 Å². The molecule has 0 unspecified atom stereocenters. The first kappa shape index (κ1) is 26.7. The highest BCUT2D eigenvalue weighted by Crippen LogP contribution is 2.27. The minimum absolute atomic E-state index is 0.122. The lowest BCUT2D eigenvalue weighted by molar-refractivity contribution is 0.0000232. The molecule has 2 aliphatic rings. The summed E-state index contributed by atoms with van der Waals surface area (Å²) >= 11 is 0. The number of rotatable bonds is 5. The van der Waals surface area contributed by atoms with Crippen LogP contribution < -0.4 is 9.46 Å². The van der Waals surface area contributed by atoms with Gasteiger partial charge in [0.15, 0.2) is 0 Å². The number of benzene rings is 1. The Morgan fingerprint density at radius 3 is 2.53 bits per heavy atom. The lowest BCUT2D eigenvalue weighted by atomic mass is 9.96. The fourth-order valence-corrected chi connectivity index (χ4v) is 5.20. The van der Waals surface area contributed by atoms with Crippen molar-refractivity contribution in [1.82, 2.24) is 9.80 Å². The van der Waals surface area contributed by atoms with Crippen molar-refractivity contribution in [3.05, 3.63) is 23.8 Å². The summed E-state index contributed by atoms with van der Waals surface area (Å²) in [6.45, 7) is 8.56. The van der Waals surface area contributed by atoms with E-state index in [-0.39, 0.29) is 24.0 Å². The van der Waals surface area contributed by atoms with E-state index in [2.05, 4.69) is 23.5 Å². The number of methoxy groups -OCH3 is 1. The number of hydrogen-bond donors (Lipinski definition) is 1. The summed E-state index contributed by atoms with van der Waals surface area (Å²) in [5.41, 5.74) is 0.645. The molecule has 1 aromatic rings. The number of likely N-dealkylation sites (N-methyl/N-ethyl adjacent to an activating group) is 1. The average molecular weight is 498 g/mol. The summed E-state index contributed by atoms with van der Waals surface area (Å²) in [6, 6.07) is 4.93. The number of hydrogen-bond acceptors (Lipinski definition) is 7. The molecule has 1 aromatic carbocycles. The molecule has 0 spiro atoms. The Bertz CT molecular complexity index is 935. The summed E-state index contributed by atoms with van der Waals surface area (Å²) in [4.78, 5) is 17.4. The third-order valence-corrected chi connectivity index (χ3v) is 7.32. The van der Waals surface area contributed by atoms with E-state index in [1.165, 1.54) is 6.07 Å². The van der Waals surface area contributed by atoms with Crippen LogP contribution in [-0.4, -0.2) is 96.1 Å². The summed E-state index contributed by atoms with van der Waals surface area (Å²) < 4.78 is 43.4. The van der Waals surface area contributed by atoms with Crippen LogP contribution in [0.2, 0.25) is 0 Å². The summed E-state index contributed by atoms with van der Waals surface area (Å²) in [5.74, 6) is 0.975. The Morgan fingerprint density at radius 2 is 1.88 bits per heavy atom. The highest BCUT2D eigenvalue weighted by atomic mass is 32.2. The molecule has 2 aliphatic heterocycles. The first-order valence-electron chi connectivity index (χ1n) is 11.9. The third-order valence-electron chi connectivity index (χ3n) is 6.71. The van der Waals surface area contributed by atoms with Gasteiger partial charge in [-0.3, -0.25) is 14.4 Å². The molecule has 0 radical (unpaired) electrons. The van der Waals surface area contributed by atoms with Crippen molar-refractivity contribution in [3.8, 4) is 5.75 Å². The van der Waals surface area contributed by atoms with Gasteiger partial charge in [-0.05, 0) is 49.8 Å². The molecule has 2 heterocycles. The van der Waals surface area contributed by atoms with Crippen molar-refractivity contribution in [3.63, 3.8) is 0 Å². The third kappa shape index (κ3) is 7.31. The quantitative estimate of drug-likeness (QED) is 0.667. The largest absolute Gasteiger partial charge is 0.491 e. The van der Waals surface area contributed by atoms with Gasteiger partial charge >= 0.3 is 0 Å². The van der Waals surface area contributed by atoms with Crippen molar-refractivity contribution >= 4 is 21.6 Å². The number of sulfonamides is 1. The van der Waals surface area contributed by atoms with Crippen molar-refractivity contribution in [2.75, 3.05) is 64.6 Å². The Balaban J connectivity index is 1.91. The number of amides is 1. The zero-order chi connectivity index (χ0) is 24.9. The molecule has 10 heteroatoms. The maximum atomic E-state index is 13.3. The van der Waals surface area contributed by atoms with Gasteiger partial charge in [-0.1, -0.05) is 6.92 Å². The first-order chi connectivity index (χ1) is 16.1. The van der Waals surface area contributed by atoms with Crippen molar-refractivity contribution in [1.29, 1.82) is 0 Å². The minimum Gasteiger partial charge on any atom is -0.491 e. The van der Waals surface area contributed by atoms with Crippen LogP contribution in [0, 0.1) is 11.8 Å². The maximum absolute atomic E-state index is 13.3. The molecule has 0 saturated carbocycles. The molecule has 0 aromatic heterocycles. The molecular formula is C24H39N3O6S. The summed E-state index contributed by atoms with van der Waals surface area (Å²) in [5, 5.41) is 0. The topological polar surface area (TPSA) is 97.4 Å². The smallest absolute Gasteiger partial charge is 0.257 e. The minimum atomic E-state index is -3.48. The van der Waals surface area contributed by atoms with E-state index in [0.29, 0.717) is 36.1 Å². The zero-order valence-electron chi connectivity index (χ0n) is 21.0. The number of nitrogens with one attached hydrogen (secondary N) is 1. The zero-order valence-corrected chi connectivity index (χ0v) is 21.8. The predicted molar refractivity (Wildman–Crippen MR) is 132 cm³/mol. The van der Waals surface area contributed by atoms with Crippen LogP contribution in [0.15, 0.2) is 18.2 Å². The van der Waals surface area contributed by atoms with Gasteiger partial charge in [0.2, 0.25) is 10.0 Å². The molecule has 192 valence electrons. The Morgan fingerprint density at radius 1 is 1.18 bits per heavy atom. The number of fused-ring (bicyclic) bond motifs is 1. The van der Waals surface area contributed by atoms with Crippen LogP contribution >= 0.6 is 0 Å². The number of ether oxygens (including phenoxy) is 3. The normalized spacial score (nSPS) is 26.2. The van der Waals surface area contributed by atoms with E-state index >= 15 is 0 Å². The van der Waals surface area contributed by atoms with Crippen LogP contribution in [-0.2, 0) is 19.5 Å².